The van der Waals surface area contributed by atoms with E-state index in [1.807, 2.05) is 26.8 Å². The molecule has 3 rings (SSSR count). The standard InChI is InChI=1S/C17H23N7O/c1-17(2,3)22-14(25)13-11-20-16(21-12-13)24-9-7-23(8-10-24)15-18-5-4-6-19-15/h4-6,11-12H,7-10H2,1-3H3,(H,22,25). The zero-order chi connectivity index (χ0) is 17.9. The number of aromatic nitrogens is 4. The van der Waals surface area contributed by atoms with Crippen molar-refractivity contribution in [1.82, 2.24) is 25.3 Å². The van der Waals surface area contributed by atoms with Gasteiger partial charge in [-0.25, -0.2) is 19.9 Å². The van der Waals surface area contributed by atoms with Crippen molar-refractivity contribution in [2.75, 3.05) is 36.0 Å². The van der Waals surface area contributed by atoms with E-state index in [0.717, 1.165) is 32.1 Å². The molecule has 1 aliphatic rings. The normalized spacial score (nSPS) is 15.2. The molecule has 1 amide bonds. The van der Waals surface area contributed by atoms with E-state index in [9.17, 15) is 4.79 Å². The summed E-state index contributed by atoms with van der Waals surface area (Å²) < 4.78 is 0. The number of anilines is 2. The monoisotopic (exact) mass is 341 g/mol. The average molecular weight is 341 g/mol. The fraction of sp³-hybridized carbons (Fsp3) is 0.471. The maximum absolute atomic E-state index is 12.1. The number of piperazine rings is 1. The molecule has 1 fully saturated rings. The number of nitrogens with zero attached hydrogens (tertiary/aromatic N) is 6. The average Bonchev–Trinajstić information content (AvgIpc) is 2.61. The maximum Gasteiger partial charge on any atom is 0.254 e. The van der Waals surface area contributed by atoms with Crippen LogP contribution in [-0.4, -0.2) is 57.6 Å². The SMILES string of the molecule is CC(C)(C)NC(=O)c1cnc(N2CCN(c3ncccn3)CC2)nc1. The van der Waals surface area contributed by atoms with Crippen LogP contribution >= 0.6 is 0 Å². The van der Waals surface area contributed by atoms with Crippen LogP contribution in [0.2, 0.25) is 0 Å². The van der Waals surface area contributed by atoms with Crippen LogP contribution in [0, 0.1) is 0 Å². The highest BCUT2D eigenvalue weighted by Crippen LogP contribution is 2.14. The van der Waals surface area contributed by atoms with Gasteiger partial charge in [-0.2, -0.15) is 0 Å². The summed E-state index contributed by atoms with van der Waals surface area (Å²) in [4.78, 5) is 33.6. The summed E-state index contributed by atoms with van der Waals surface area (Å²) in [6, 6.07) is 1.81. The number of carbonyl (C=O) groups is 1. The minimum Gasteiger partial charge on any atom is -0.347 e. The quantitative estimate of drug-likeness (QED) is 0.895. The van der Waals surface area contributed by atoms with Crippen LogP contribution in [0.15, 0.2) is 30.9 Å². The Bertz CT molecular complexity index is 704. The molecule has 8 heteroatoms. The van der Waals surface area contributed by atoms with Crippen LogP contribution in [0.25, 0.3) is 0 Å². The highest BCUT2D eigenvalue weighted by atomic mass is 16.1. The van der Waals surface area contributed by atoms with Crippen LogP contribution in [0.3, 0.4) is 0 Å². The van der Waals surface area contributed by atoms with Crippen molar-refractivity contribution in [3.05, 3.63) is 36.4 Å². The molecule has 132 valence electrons. The Morgan fingerprint density at radius 3 is 1.88 bits per heavy atom. The summed E-state index contributed by atoms with van der Waals surface area (Å²) in [7, 11) is 0. The summed E-state index contributed by atoms with van der Waals surface area (Å²) in [5.41, 5.74) is 0.181. The van der Waals surface area contributed by atoms with Gasteiger partial charge in [0.25, 0.3) is 5.91 Å². The fourth-order valence-electron chi connectivity index (χ4n) is 2.58. The number of nitrogens with one attached hydrogen (secondary N) is 1. The Kier molecular flexibility index (Phi) is 4.78. The first-order valence-corrected chi connectivity index (χ1v) is 8.34. The lowest BCUT2D eigenvalue weighted by atomic mass is 10.1. The van der Waals surface area contributed by atoms with Crippen LogP contribution < -0.4 is 15.1 Å². The third-order valence-electron chi connectivity index (χ3n) is 3.79. The number of rotatable bonds is 3. The molecule has 0 aliphatic carbocycles. The van der Waals surface area contributed by atoms with Crippen molar-refractivity contribution < 1.29 is 4.79 Å². The highest BCUT2D eigenvalue weighted by Gasteiger charge is 2.21. The molecule has 1 N–H and O–H groups in total. The minimum absolute atomic E-state index is 0.162. The molecule has 2 aromatic rings. The van der Waals surface area contributed by atoms with Gasteiger partial charge in [-0.15, -0.1) is 0 Å². The molecule has 1 saturated heterocycles. The van der Waals surface area contributed by atoms with E-state index in [2.05, 4.69) is 35.1 Å². The third kappa shape index (κ3) is 4.40. The predicted molar refractivity (Wildman–Crippen MR) is 95.7 cm³/mol. The van der Waals surface area contributed by atoms with Crippen molar-refractivity contribution in [3.8, 4) is 0 Å². The molecule has 3 heterocycles. The van der Waals surface area contributed by atoms with Gasteiger partial charge in [0.05, 0.1) is 5.56 Å². The second-order valence-corrected chi connectivity index (χ2v) is 7.00. The maximum atomic E-state index is 12.1. The number of amides is 1. The third-order valence-corrected chi connectivity index (χ3v) is 3.79. The lowest BCUT2D eigenvalue weighted by Gasteiger charge is -2.34. The Balaban J connectivity index is 1.60. The highest BCUT2D eigenvalue weighted by molar-refractivity contribution is 5.94. The molecule has 0 radical (unpaired) electrons. The van der Waals surface area contributed by atoms with Gasteiger partial charge >= 0.3 is 0 Å². The van der Waals surface area contributed by atoms with Crippen LogP contribution in [0.5, 0.6) is 0 Å². The molecule has 0 aromatic carbocycles. The summed E-state index contributed by atoms with van der Waals surface area (Å²) in [6.45, 7) is 9.00. The molecule has 0 bridgehead atoms. The largest absolute Gasteiger partial charge is 0.347 e. The first-order chi connectivity index (χ1) is 11.9. The van der Waals surface area contributed by atoms with Gasteiger partial charge in [-0.3, -0.25) is 4.79 Å². The van der Waals surface area contributed by atoms with Crippen molar-refractivity contribution in [2.24, 2.45) is 0 Å². The van der Waals surface area contributed by atoms with Crippen LogP contribution in [0.1, 0.15) is 31.1 Å². The van der Waals surface area contributed by atoms with E-state index in [0.29, 0.717) is 11.5 Å². The lowest BCUT2D eigenvalue weighted by Crippen LogP contribution is -2.47. The summed E-state index contributed by atoms with van der Waals surface area (Å²) in [5, 5.41) is 2.91. The van der Waals surface area contributed by atoms with Gasteiger partial charge in [-0.1, -0.05) is 0 Å². The van der Waals surface area contributed by atoms with E-state index in [1.54, 1.807) is 24.8 Å². The smallest absolute Gasteiger partial charge is 0.254 e. The second-order valence-electron chi connectivity index (χ2n) is 7.00. The molecule has 25 heavy (non-hydrogen) atoms. The Hall–Kier alpha value is -2.77. The number of hydrogen-bond donors (Lipinski definition) is 1. The summed E-state index contributed by atoms with van der Waals surface area (Å²) in [5.74, 6) is 1.23. The molecular weight excluding hydrogens is 318 g/mol. The van der Waals surface area contributed by atoms with Gasteiger partial charge in [-0.05, 0) is 26.8 Å². The molecule has 0 spiro atoms. The Morgan fingerprint density at radius 1 is 0.920 bits per heavy atom. The van der Waals surface area contributed by atoms with E-state index in [4.69, 9.17) is 0 Å². The van der Waals surface area contributed by atoms with Crippen molar-refractivity contribution in [1.29, 1.82) is 0 Å². The zero-order valence-electron chi connectivity index (χ0n) is 14.8. The van der Waals surface area contributed by atoms with Crippen molar-refractivity contribution >= 4 is 17.8 Å². The van der Waals surface area contributed by atoms with Gasteiger partial charge in [0, 0.05) is 56.5 Å². The van der Waals surface area contributed by atoms with Crippen LogP contribution in [0.4, 0.5) is 11.9 Å². The van der Waals surface area contributed by atoms with E-state index >= 15 is 0 Å². The molecule has 2 aromatic heterocycles. The first kappa shape index (κ1) is 17.1. The van der Waals surface area contributed by atoms with Gasteiger partial charge in [0.15, 0.2) is 0 Å². The van der Waals surface area contributed by atoms with Gasteiger partial charge in [0.2, 0.25) is 11.9 Å². The van der Waals surface area contributed by atoms with Crippen LogP contribution in [-0.2, 0) is 0 Å². The van der Waals surface area contributed by atoms with E-state index in [-0.39, 0.29) is 11.4 Å². The topological polar surface area (TPSA) is 87.1 Å². The zero-order valence-corrected chi connectivity index (χ0v) is 14.8. The first-order valence-electron chi connectivity index (χ1n) is 8.34. The number of carbonyl (C=O) groups excluding carboxylic acids is 1. The number of hydrogen-bond acceptors (Lipinski definition) is 7. The summed E-state index contributed by atoms with van der Waals surface area (Å²) >= 11 is 0. The van der Waals surface area contributed by atoms with Crippen molar-refractivity contribution in [3.63, 3.8) is 0 Å². The fourth-order valence-corrected chi connectivity index (χ4v) is 2.58. The molecule has 0 atom stereocenters. The Labute approximate surface area is 147 Å². The molecule has 1 aliphatic heterocycles. The van der Waals surface area contributed by atoms with Crippen molar-refractivity contribution in [2.45, 2.75) is 26.3 Å². The van der Waals surface area contributed by atoms with Gasteiger partial charge < -0.3 is 15.1 Å². The second kappa shape index (κ2) is 7.00. The van der Waals surface area contributed by atoms with E-state index in [1.165, 1.54) is 0 Å². The van der Waals surface area contributed by atoms with Gasteiger partial charge in [0.1, 0.15) is 0 Å². The van der Waals surface area contributed by atoms with E-state index < -0.39 is 0 Å². The lowest BCUT2D eigenvalue weighted by molar-refractivity contribution is 0.0919. The molecule has 0 saturated carbocycles. The summed E-state index contributed by atoms with van der Waals surface area (Å²) in [6.07, 6.45) is 6.66. The predicted octanol–water partition coefficient (Wildman–Crippen LogP) is 1.12. The molecular formula is C17H23N7O. The Morgan fingerprint density at radius 2 is 1.40 bits per heavy atom. The minimum atomic E-state index is -0.286. The molecule has 0 unspecified atom stereocenters. The molecule has 8 nitrogen and oxygen atoms in total.